The van der Waals surface area contributed by atoms with E-state index in [0.717, 1.165) is 24.8 Å². The minimum atomic E-state index is -1.29. The number of carboxylic acids is 1. The van der Waals surface area contributed by atoms with E-state index >= 15 is 0 Å². The number of hydrogen-bond donors (Lipinski definition) is 2. The van der Waals surface area contributed by atoms with Crippen LogP contribution in [0.4, 0.5) is 4.39 Å². The number of fused-ring (bicyclic) bond motifs is 1. The van der Waals surface area contributed by atoms with E-state index < -0.39 is 23.0 Å². The Morgan fingerprint density at radius 1 is 1.17 bits per heavy atom. The highest BCUT2D eigenvalue weighted by Crippen LogP contribution is 2.65. The Labute approximate surface area is 139 Å². The molecule has 1 aromatic rings. The van der Waals surface area contributed by atoms with Gasteiger partial charge in [-0.2, -0.15) is 0 Å². The van der Waals surface area contributed by atoms with Crippen LogP contribution >= 0.6 is 0 Å². The second-order valence-electron chi connectivity index (χ2n) is 7.64. The zero-order valence-corrected chi connectivity index (χ0v) is 13.3. The summed E-state index contributed by atoms with van der Waals surface area (Å²) in [6.45, 7) is 0.613. The Morgan fingerprint density at radius 3 is 2.46 bits per heavy atom. The number of carboxylic acid groups (broad SMARTS) is 1. The van der Waals surface area contributed by atoms with Crippen molar-refractivity contribution in [3.63, 3.8) is 0 Å². The summed E-state index contributed by atoms with van der Waals surface area (Å²) >= 11 is 0. The lowest BCUT2D eigenvalue weighted by atomic mass is 9.45. The van der Waals surface area contributed by atoms with E-state index in [-0.39, 0.29) is 17.9 Å². The van der Waals surface area contributed by atoms with Crippen LogP contribution in [0.1, 0.15) is 43.2 Å². The number of carbonyl (C=O) groups excluding carboxylic acids is 1. The molecule has 0 aromatic heterocycles. The molecule has 24 heavy (non-hydrogen) atoms. The Bertz CT molecular complexity index is 733. The number of hydrogen-bond acceptors (Lipinski definition) is 3. The number of aromatic hydroxyl groups is 1. The second-order valence-corrected chi connectivity index (χ2v) is 7.64. The molecular formula is C18H20FNO4. The van der Waals surface area contributed by atoms with Gasteiger partial charge >= 0.3 is 5.97 Å². The Hall–Kier alpha value is -2.11. The van der Waals surface area contributed by atoms with Gasteiger partial charge in [-0.05, 0) is 60.8 Å². The van der Waals surface area contributed by atoms with E-state index in [1.165, 1.54) is 12.1 Å². The number of rotatable bonds is 2. The summed E-state index contributed by atoms with van der Waals surface area (Å²) in [4.78, 5) is 26.3. The van der Waals surface area contributed by atoms with Gasteiger partial charge in [0.05, 0.1) is 0 Å². The number of carbonyl (C=O) groups is 2. The number of phenolic OH excluding ortho intramolecular Hbond substituents is 1. The van der Waals surface area contributed by atoms with E-state index in [1.54, 1.807) is 4.90 Å². The Balaban J connectivity index is 1.56. The van der Waals surface area contributed by atoms with Crippen molar-refractivity contribution >= 4 is 11.9 Å². The van der Waals surface area contributed by atoms with E-state index in [9.17, 15) is 24.2 Å². The summed E-state index contributed by atoms with van der Waals surface area (Å²) in [5, 5.41) is 19.2. The molecule has 1 aromatic carbocycles. The Kier molecular flexibility index (Phi) is 3.18. The van der Waals surface area contributed by atoms with Crippen LogP contribution in [0.25, 0.3) is 0 Å². The monoisotopic (exact) mass is 333 g/mol. The number of phenols is 1. The first-order valence-electron chi connectivity index (χ1n) is 8.38. The molecule has 1 aliphatic heterocycles. The molecule has 0 bridgehead atoms. The van der Waals surface area contributed by atoms with Gasteiger partial charge in [0, 0.05) is 13.1 Å². The lowest BCUT2D eigenvalue weighted by Gasteiger charge is -2.59. The number of nitrogens with zero attached hydrogens (tertiary/aromatic N) is 1. The van der Waals surface area contributed by atoms with Crippen molar-refractivity contribution in [1.82, 2.24) is 4.90 Å². The van der Waals surface area contributed by atoms with Gasteiger partial charge in [-0.3, -0.25) is 9.59 Å². The minimum Gasteiger partial charge on any atom is -0.505 e. The van der Waals surface area contributed by atoms with Crippen molar-refractivity contribution < 1.29 is 24.2 Å². The third-order valence-electron chi connectivity index (χ3n) is 6.16. The number of amides is 1. The first-order valence-corrected chi connectivity index (χ1v) is 8.38. The highest BCUT2D eigenvalue weighted by atomic mass is 19.1. The van der Waals surface area contributed by atoms with Crippen molar-refractivity contribution in [2.45, 2.75) is 45.1 Å². The molecule has 0 unspecified atom stereocenters. The standard InChI is InChI=1S/C18H20FNO4/c19-13-6-11-2-5-20(8-12(11)7-14(13)21)15(22)18(16(23)24)9-17(10-18)3-1-4-17/h6-7,21H,1-5,8-10H2,(H,23,24). The fourth-order valence-corrected chi connectivity index (χ4v) is 4.70. The van der Waals surface area contributed by atoms with Gasteiger partial charge in [0.25, 0.3) is 0 Å². The van der Waals surface area contributed by atoms with Crippen LogP contribution in [-0.4, -0.2) is 33.5 Å². The first kappa shape index (κ1) is 15.4. The summed E-state index contributed by atoms with van der Waals surface area (Å²) in [5.41, 5.74) is 0.234. The van der Waals surface area contributed by atoms with Crippen molar-refractivity contribution in [2.75, 3.05) is 6.54 Å². The zero-order chi connectivity index (χ0) is 17.1. The average molecular weight is 333 g/mol. The molecule has 128 valence electrons. The molecule has 0 saturated heterocycles. The van der Waals surface area contributed by atoms with Gasteiger partial charge in [-0.15, -0.1) is 0 Å². The maximum Gasteiger partial charge on any atom is 0.319 e. The highest BCUT2D eigenvalue weighted by molar-refractivity contribution is 6.03. The predicted octanol–water partition coefficient (Wildman–Crippen LogP) is 2.45. The van der Waals surface area contributed by atoms with Crippen molar-refractivity contribution in [3.05, 3.63) is 29.1 Å². The maximum absolute atomic E-state index is 13.4. The fraction of sp³-hybridized carbons (Fsp3) is 0.556. The third kappa shape index (κ3) is 2.05. The number of benzene rings is 1. The molecule has 2 saturated carbocycles. The normalized spacial score (nSPS) is 23.1. The van der Waals surface area contributed by atoms with Crippen LogP contribution in [0.5, 0.6) is 5.75 Å². The Morgan fingerprint density at radius 2 is 1.88 bits per heavy atom. The van der Waals surface area contributed by atoms with E-state index in [0.29, 0.717) is 31.4 Å². The van der Waals surface area contributed by atoms with E-state index in [4.69, 9.17) is 0 Å². The molecule has 5 nitrogen and oxygen atoms in total. The molecule has 4 rings (SSSR count). The topological polar surface area (TPSA) is 77.8 Å². The number of halogens is 1. The molecule has 1 spiro atoms. The van der Waals surface area contributed by atoms with E-state index in [2.05, 4.69) is 0 Å². The van der Waals surface area contributed by atoms with Crippen LogP contribution in [-0.2, 0) is 22.6 Å². The van der Waals surface area contributed by atoms with Crippen molar-refractivity contribution in [1.29, 1.82) is 0 Å². The van der Waals surface area contributed by atoms with Gasteiger partial charge in [0.1, 0.15) is 5.41 Å². The predicted molar refractivity (Wildman–Crippen MR) is 82.8 cm³/mol. The molecule has 2 N–H and O–H groups in total. The molecule has 0 radical (unpaired) electrons. The molecule has 1 amide bonds. The van der Waals surface area contributed by atoms with Crippen LogP contribution < -0.4 is 0 Å². The summed E-state index contributed by atoms with van der Waals surface area (Å²) in [7, 11) is 0. The summed E-state index contributed by atoms with van der Waals surface area (Å²) in [5.74, 6) is -2.46. The molecule has 3 aliphatic rings. The first-order chi connectivity index (χ1) is 11.4. The average Bonchev–Trinajstić information content (AvgIpc) is 2.45. The number of aliphatic carboxylic acids is 1. The lowest BCUT2D eigenvalue weighted by molar-refractivity contribution is -0.187. The van der Waals surface area contributed by atoms with Crippen LogP contribution in [0.3, 0.4) is 0 Å². The van der Waals surface area contributed by atoms with Crippen LogP contribution in [0.2, 0.25) is 0 Å². The lowest BCUT2D eigenvalue weighted by Crippen LogP contribution is -2.62. The molecule has 2 aliphatic carbocycles. The van der Waals surface area contributed by atoms with Gasteiger partial charge in [0.2, 0.25) is 5.91 Å². The van der Waals surface area contributed by atoms with E-state index in [1.807, 2.05) is 0 Å². The van der Waals surface area contributed by atoms with Crippen molar-refractivity contribution in [3.8, 4) is 5.75 Å². The summed E-state index contributed by atoms with van der Waals surface area (Å²) < 4.78 is 13.4. The van der Waals surface area contributed by atoms with Gasteiger partial charge in [-0.25, -0.2) is 4.39 Å². The molecular weight excluding hydrogens is 313 g/mol. The van der Waals surface area contributed by atoms with Crippen LogP contribution in [0.15, 0.2) is 12.1 Å². The SMILES string of the molecule is O=C(O)C1(C(=O)N2CCc3cc(F)c(O)cc3C2)CC2(CCC2)C1. The maximum atomic E-state index is 13.4. The highest BCUT2D eigenvalue weighted by Gasteiger charge is 2.65. The van der Waals surface area contributed by atoms with Gasteiger partial charge < -0.3 is 15.1 Å². The van der Waals surface area contributed by atoms with Crippen molar-refractivity contribution in [2.24, 2.45) is 10.8 Å². The minimum absolute atomic E-state index is 0.0726. The molecule has 6 heteroatoms. The largest absolute Gasteiger partial charge is 0.505 e. The molecule has 1 heterocycles. The van der Waals surface area contributed by atoms with Gasteiger partial charge in [-0.1, -0.05) is 6.42 Å². The smallest absolute Gasteiger partial charge is 0.319 e. The summed E-state index contributed by atoms with van der Waals surface area (Å²) in [6, 6.07) is 2.64. The second kappa shape index (κ2) is 4.94. The third-order valence-corrected chi connectivity index (χ3v) is 6.16. The zero-order valence-electron chi connectivity index (χ0n) is 13.3. The van der Waals surface area contributed by atoms with Gasteiger partial charge in [0.15, 0.2) is 11.6 Å². The molecule has 2 fully saturated rings. The summed E-state index contributed by atoms with van der Waals surface area (Å²) in [6.07, 6.45) is 4.50. The molecule has 0 atom stereocenters. The quantitative estimate of drug-likeness (QED) is 0.815. The van der Waals surface area contributed by atoms with Crippen LogP contribution in [0, 0.1) is 16.6 Å². The fourth-order valence-electron chi connectivity index (χ4n) is 4.70.